The molecular weight excluding hydrogens is 283 g/mol. The molecule has 0 unspecified atom stereocenters. The smallest absolute Gasteiger partial charge is 0.130 e. The van der Waals surface area contributed by atoms with Gasteiger partial charge in [-0.25, -0.2) is 0 Å². The molecule has 2 rings (SSSR count). The molecule has 2 aromatic rings. The minimum Gasteiger partial charge on any atom is -0.487 e. The van der Waals surface area contributed by atoms with Gasteiger partial charge in [0.1, 0.15) is 12.4 Å². The molecule has 0 atom stereocenters. The van der Waals surface area contributed by atoms with E-state index < -0.39 is 0 Å². The van der Waals surface area contributed by atoms with Crippen LogP contribution >= 0.6 is 23.2 Å². The van der Waals surface area contributed by atoms with Gasteiger partial charge in [0.15, 0.2) is 0 Å². The summed E-state index contributed by atoms with van der Waals surface area (Å²) in [6, 6.07) is 7.57. The van der Waals surface area contributed by atoms with E-state index >= 15 is 0 Å². The summed E-state index contributed by atoms with van der Waals surface area (Å²) < 4.78 is 7.75. The van der Waals surface area contributed by atoms with Crippen LogP contribution in [0.2, 0.25) is 5.02 Å². The molecule has 1 heterocycles. The summed E-state index contributed by atoms with van der Waals surface area (Å²) in [7, 11) is 0. The van der Waals surface area contributed by atoms with Gasteiger partial charge < -0.3 is 4.74 Å². The van der Waals surface area contributed by atoms with Crippen LogP contribution in [0, 0.1) is 6.92 Å². The second kappa shape index (κ2) is 6.31. The number of ether oxygens (including phenoxy) is 1. The van der Waals surface area contributed by atoms with Crippen molar-refractivity contribution in [2.75, 3.05) is 0 Å². The van der Waals surface area contributed by atoms with E-state index in [0.29, 0.717) is 17.5 Å². The Bertz CT molecular complexity index is 567. The molecular formula is C14H16Cl2N2O. The molecule has 0 saturated heterocycles. The Balaban J connectivity index is 2.16. The minimum atomic E-state index is 0.334. The third kappa shape index (κ3) is 3.23. The summed E-state index contributed by atoms with van der Waals surface area (Å²) in [6.45, 7) is 5.31. The monoisotopic (exact) mass is 298 g/mol. The predicted octanol–water partition coefficient (Wildman–Crippen LogP) is 4.18. The van der Waals surface area contributed by atoms with Crippen molar-refractivity contribution < 1.29 is 4.74 Å². The zero-order valence-electron chi connectivity index (χ0n) is 11.0. The van der Waals surface area contributed by atoms with E-state index in [9.17, 15) is 0 Å². The molecule has 102 valence electrons. The van der Waals surface area contributed by atoms with E-state index in [1.165, 1.54) is 0 Å². The van der Waals surface area contributed by atoms with Crippen LogP contribution in [0.25, 0.3) is 0 Å². The first-order valence-electron chi connectivity index (χ1n) is 6.15. The molecule has 0 saturated carbocycles. The minimum absolute atomic E-state index is 0.334. The molecule has 0 aliphatic carbocycles. The van der Waals surface area contributed by atoms with Gasteiger partial charge in [0.2, 0.25) is 0 Å². The van der Waals surface area contributed by atoms with Gasteiger partial charge in [-0.3, -0.25) is 4.68 Å². The zero-order valence-corrected chi connectivity index (χ0v) is 12.5. The Labute approximate surface area is 123 Å². The Morgan fingerprint density at radius 1 is 1.37 bits per heavy atom. The molecule has 0 radical (unpaired) electrons. The highest BCUT2D eigenvalue weighted by Crippen LogP contribution is 2.28. The van der Waals surface area contributed by atoms with E-state index in [0.717, 1.165) is 29.2 Å². The second-order valence-electron chi connectivity index (χ2n) is 4.23. The molecule has 3 nitrogen and oxygen atoms in total. The molecule has 1 aromatic heterocycles. The molecule has 0 fully saturated rings. The van der Waals surface area contributed by atoms with E-state index in [1.54, 1.807) is 0 Å². The lowest BCUT2D eigenvalue weighted by molar-refractivity contribution is 0.290. The fraction of sp³-hybridized carbons (Fsp3) is 0.357. The summed E-state index contributed by atoms with van der Waals surface area (Å²) >= 11 is 12.0. The van der Waals surface area contributed by atoms with Crippen molar-refractivity contribution in [3.63, 3.8) is 0 Å². The van der Waals surface area contributed by atoms with Crippen LogP contribution in [0.3, 0.4) is 0 Å². The first kappa shape index (κ1) is 14.2. The summed E-state index contributed by atoms with van der Waals surface area (Å²) in [5.41, 5.74) is 2.86. The number of halogens is 2. The van der Waals surface area contributed by atoms with Crippen molar-refractivity contribution in [3.8, 4) is 5.75 Å². The van der Waals surface area contributed by atoms with E-state index in [-0.39, 0.29) is 0 Å². The van der Waals surface area contributed by atoms with Gasteiger partial charge in [-0.2, -0.15) is 5.10 Å². The van der Waals surface area contributed by atoms with Gasteiger partial charge in [-0.1, -0.05) is 17.7 Å². The van der Waals surface area contributed by atoms with E-state index in [2.05, 4.69) is 12.0 Å². The van der Waals surface area contributed by atoms with Crippen molar-refractivity contribution in [1.29, 1.82) is 0 Å². The van der Waals surface area contributed by atoms with Crippen molar-refractivity contribution >= 4 is 23.2 Å². The average molecular weight is 299 g/mol. The maximum atomic E-state index is 6.09. The highest BCUT2D eigenvalue weighted by Gasteiger charge is 2.09. The standard InChI is InChI=1S/C14H16Cl2N2O/c1-3-18-11(7-10(2)17-18)9-19-14-6-4-5-13(16)12(14)8-15/h4-7H,3,8-9H2,1-2H3. The lowest BCUT2D eigenvalue weighted by atomic mass is 10.2. The Morgan fingerprint density at radius 3 is 2.84 bits per heavy atom. The molecule has 0 amide bonds. The molecule has 0 spiro atoms. The Hall–Kier alpha value is -1.19. The van der Waals surface area contributed by atoms with Crippen LogP contribution in [0.5, 0.6) is 5.75 Å². The second-order valence-corrected chi connectivity index (χ2v) is 4.91. The number of alkyl halides is 1. The molecule has 19 heavy (non-hydrogen) atoms. The van der Waals surface area contributed by atoms with Crippen LogP contribution in [0.4, 0.5) is 0 Å². The third-order valence-corrected chi connectivity index (χ3v) is 3.49. The summed E-state index contributed by atoms with van der Waals surface area (Å²) in [4.78, 5) is 0. The van der Waals surface area contributed by atoms with Crippen molar-refractivity contribution in [2.24, 2.45) is 0 Å². The molecule has 0 aliphatic rings. The predicted molar refractivity (Wildman–Crippen MR) is 78.0 cm³/mol. The third-order valence-electron chi connectivity index (χ3n) is 2.87. The van der Waals surface area contributed by atoms with Gasteiger partial charge in [-0.05, 0) is 32.0 Å². The summed E-state index contributed by atoms with van der Waals surface area (Å²) in [6.07, 6.45) is 0. The number of hydrogen-bond donors (Lipinski definition) is 0. The number of rotatable bonds is 5. The molecule has 0 aliphatic heterocycles. The largest absolute Gasteiger partial charge is 0.487 e. The Kier molecular flexibility index (Phi) is 4.72. The zero-order chi connectivity index (χ0) is 13.8. The average Bonchev–Trinajstić information content (AvgIpc) is 2.76. The highest BCUT2D eigenvalue weighted by atomic mass is 35.5. The number of aromatic nitrogens is 2. The summed E-state index contributed by atoms with van der Waals surface area (Å²) in [5.74, 6) is 1.06. The fourth-order valence-corrected chi connectivity index (χ4v) is 2.52. The van der Waals surface area contributed by atoms with Gasteiger partial charge in [0.25, 0.3) is 0 Å². The van der Waals surface area contributed by atoms with Gasteiger partial charge in [-0.15, -0.1) is 11.6 Å². The first-order chi connectivity index (χ1) is 9.15. The van der Waals surface area contributed by atoms with E-state index in [1.807, 2.05) is 35.9 Å². The number of hydrogen-bond acceptors (Lipinski definition) is 2. The quantitative estimate of drug-likeness (QED) is 0.774. The maximum Gasteiger partial charge on any atom is 0.130 e. The lowest BCUT2D eigenvalue weighted by Gasteiger charge is -2.11. The molecule has 5 heteroatoms. The fourth-order valence-electron chi connectivity index (χ4n) is 1.94. The van der Waals surface area contributed by atoms with Crippen LogP contribution in [0.15, 0.2) is 24.3 Å². The van der Waals surface area contributed by atoms with Gasteiger partial charge in [0, 0.05) is 17.1 Å². The molecule has 0 bridgehead atoms. The summed E-state index contributed by atoms with van der Waals surface area (Å²) in [5, 5.41) is 5.02. The normalized spacial score (nSPS) is 10.7. The molecule has 0 N–H and O–H groups in total. The van der Waals surface area contributed by atoms with Gasteiger partial charge in [0.05, 0.1) is 17.3 Å². The number of aryl methyl sites for hydroxylation is 2. The van der Waals surface area contributed by atoms with Crippen molar-refractivity contribution in [1.82, 2.24) is 9.78 Å². The van der Waals surface area contributed by atoms with Crippen molar-refractivity contribution in [3.05, 3.63) is 46.2 Å². The topological polar surface area (TPSA) is 27.1 Å². The molecule has 1 aromatic carbocycles. The Morgan fingerprint density at radius 2 is 2.16 bits per heavy atom. The van der Waals surface area contributed by atoms with Crippen molar-refractivity contribution in [2.45, 2.75) is 32.9 Å². The number of nitrogens with zero attached hydrogens (tertiary/aromatic N) is 2. The first-order valence-corrected chi connectivity index (χ1v) is 7.06. The van der Waals surface area contributed by atoms with E-state index in [4.69, 9.17) is 27.9 Å². The number of benzene rings is 1. The van der Waals surface area contributed by atoms with Crippen LogP contribution < -0.4 is 4.74 Å². The highest BCUT2D eigenvalue weighted by molar-refractivity contribution is 6.32. The van der Waals surface area contributed by atoms with Crippen LogP contribution in [0.1, 0.15) is 23.9 Å². The lowest BCUT2D eigenvalue weighted by Crippen LogP contribution is -2.06. The maximum absolute atomic E-state index is 6.09. The van der Waals surface area contributed by atoms with Crippen LogP contribution in [-0.2, 0) is 19.0 Å². The van der Waals surface area contributed by atoms with Gasteiger partial charge >= 0.3 is 0 Å². The SMILES string of the molecule is CCn1nc(C)cc1COc1cccc(Cl)c1CCl. The van der Waals surface area contributed by atoms with Crippen LogP contribution in [-0.4, -0.2) is 9.78 Å².